The predicted molar refractivity (Wildman–Crippen MR) is 111 cm³/mol. The van der Waals surface area contributed by atoms with Gasteiger partial charge in [-0.1, -0.05) is 25.0 Å². The lowest BCUT2D eigenvalue weighted by molar-refractivity contribution is -0.143. The minimum absolute atomic E-state index is 0.232. The summed E-state index contributed by atoms with van der Waals surface area (Å²) in [7, 11) is 1.32. The van der Waals surface area contributed by atoms with E-state index >= 15 is 0 Å². The van der Waals surface area contributed by atoms with Gasteiger partial charge in [0, 0.05) is 37.8 Å². The second-order valence-corrected chi connectivity index (χ2v) is 6.96. The number of amides is 1. The lowest BCUT2D eigenvalue weighted by Gasteiger charge is -2.22. The van der Waals surface area contributed by atoms with E-state index in [0.717, 1.165) is 18.7 Å². The molecule has 29 heavy (non-hydrogen) atoms. The lowest BCUT2D eigenvalue weighted by Crippen LogP contribution is -2.29. The fraction of sp³-hybridized carbons (Fsp3) is 0.500. The van der Waals surface area contributed by atoms with Crippen molar-refractivity contribution in [3.63, 3.8) is 0 Å². The van der Waals surface area contributed by atoms with Gasteiger partial charge in [-0.3, -0.25) is 9.59 Å². The van der Waals surface area contributed by atoms with Gasteiger partial charge in [0.05, 0.1) is 7.11 Å². The highest BCUT2D eigenvalue weighted by molar-refractivity contribution is 5.89. The fourth-order valence-corrected chi connectivity index (χ4v) is 3.09. The first-order valence-corrected chi connectivity index (χ1v) is 10.1. The number of nitrogens with zero attached hydrogens (tertiary/aromatic N) is 1. The first-order valence-electron chi connectivity index (χ1n) is 10.1. The number of nitrogens with one attached hydrogen (secondary N) is 1. The highest BCUT2D eigenvalue weighted by Crippen LogP contribution is 2.20. The van der Waals surface area contributed by atoms with Crippen molar-refractivity contribution in [1.82, 2.24) is 5.32 Å². The normalized spacial score (nSPS) is 14.3. The smallest absolute Gasteiger partial charge is 0.331 e. The first kappa shape index (κ1) is 22.5. The van der Waals surface area contributed by atoms with Crippen LogP contribution in [0.4, 0.5) is 5.69 Å². The van der Waals surface area contributed by atoms with Gasteiger partial charge in [0.25, 0.3) is 5.91 Å². The number of methoxy groups -OCH3 is 1. The van der Waals surface area contributed by atoms with E-state index in [0.29, 0.717) is 13.0 Å². The van der Waals surface area contributed by atoms with Crippen LogP contribution in [0.5, 0.6) is 0 Å². The van der Waals surface area contributed by atoms with Crippen molar-refractivity contribution in [3.8, 4) is 0 Å². The predicted octanol–water partition coefficient (Wildman–Crippen LogP) is 2.69. The number of hydrogen-bond acceptors (Lipinski definition) is 6. The molecule has 0 atom stereocenters. The number of esters is 2. The van der Waals surface area contributed by atoms with Gasteiger partial charge in [-0.25, -0.2) is 4.79 Å². The molecule has 0 spiro atoms. The van der Waals surface area contributed by atoms with Crippen molar-refractivity contribution >= 4 is 29.6 Å². The van der Waals surface area contributed by atoms with Crippen LogP contribution < -0.4 is 10.2 Å². The van der Waals surface area contributed by atoms with Crippen molar-refractivity contribution in [2.75, 3.05) is 38.3 Å². The zero-order valence-corrected chi connectivity index (χ0v) is 17.0. The van der Waals surface area contributed by atoms with Crippen molar-refractivity contribution in [3.05, 3.63) is 35.9 Å². The van der Waals surface area contributed by atoms with Gasteiger partial charge in [-0.05, 0) is 43.0 Å². The molecule has 1 N–H and O–H groups in total. The van der Waals surface area contributed by atoms with Gasteiger partial charge >= 0.3 is 11.9 Å². The maximum atomic E-state index is 11.8. The second kappa shape index (κ2) is 12.6. The van der Waals surface area contributed by atoms with Gasteiger partial charge in [0.15, 0.2) is 6.61 Å². The third-order valence-corrected chi connectivity index (χ3v) is 4.73. The molecule has 1 saturated heterocycles. The van der Waals surface area contributed by atoms with E-state index in [-0.39, 0.29) is 19.0 Å². The maximum absolute atomic E-state index is 11.8. The largest absolute Gasteiger partial charge is 0.469 e. The van der Waals surface area contributed by atoms with Crippen LogP contribution >= 0.6 is 0 Å². The summed E-state index contributed by atoms with van der Waals surface area (Å²) in [6, 6.07) is 8.08. The molecule has 1 amide bonds. The summed E-state index contributed by atoms with van der Waals surface area (Å²) in [5.41, 5.74) is 2.10. The van der Waals surface area contributed by atoms with Crippen LogP contribution in [-0.2, 0) is 23.9 Å². The van der Waals surface area contributed by atoms with Gasteiger partial charge in [-0.15, -0.1) is 0 Å². The quantitative estimate of drug-likeness (QED) is 0.388. The van der Waals surface area contributed by atoms with E-state index in [2.05, 4.69) is 27.1 Å². The van der Waals surface area contributed by atoms with Crippen molar-refractivity contribution in [2.45, 2.75) is 38.5 Å². The number of carbonyl (C=O) groups is 3. The monoisotopic (exact) mass is 402 g/mol. The van der Waals surface area contributed by atoms with Crippen molar-refractivity contribution < 1.29 is 23.9 Å². The molecule has 0 unspecified atom stereocenters. The molecular weight excluding hydrogens is 372 g/mol. The second-order valence-electron chi connectivity index (χ2n) is 6.96. The molecule has 0 saturated carbocycles. The summed E-state index contributed by atoms with van der Waals surface area (Å²) in [5.74, 6) is -1.31. The van der Waals surface area contributed by atoms with E-state index in [4.69, 9.17) is 4.74 Å². The Labute approximate surface area is 172 Å². The molecule has 0 aromatic heterocycles. The summed E-state index contributed by atoms with van der Waals surface area (Å²) in [6.45, 7) is 2.15. The molecule has 1 heterocycles. The van der Waals surface area contributed by atoms with E-state index in [9.17, 15) is 14.4 Å². The summed E-state index contributed by atoms with van der Waals surface area (Å²) in [6.07, 6.45) is 8.73. The molecule has 1 aromatic rings. The van der Waals surface area contributed by atoms with Crippen LogP contribution in [0.2, 0.25) is 0 Å². The van der Waals surface area contributed by atoms with E-state index in [1.807, 2.05) is 12.1 Å². The Morgan fingerprint density at radius 3 is 2.41 bits per heavy atom. The lowest BCUT2D eigenvalue weighted by atomic mass is 10.1. The number of carbonyl (C=O) groups excluding carboxylic acids is 3. The standard InChI is InChI=1S/C22H30N2O5/c1-28-21(26)7-6-14-23-20(25)17-29-22(27)13-10-18-8-11-19(12-9-18)24-15-4-2-3-5-16-24/h8-13H,2-7,14-17H2,1H3,(H,23,25)/b13-10+. The van der Waals surface area contributed by atoms with Crippen LogP contribution in [-0.4, -0.2) is 51.2 Å². The van der Waals surface area contributed by atoms with Crippen LogP contribution in [0.1, 0.15) is 44.1 Å². The van der Waals surface area contributed by atoms with E-state index in [1.54, 1.807) is 6.08 Å². The minimum Gasteiger partial charge on any atom is -0.469 e. The number of anilines is 1. The van der Waals surface area contributed by atoms with Crippen LogP contribution in [0, 0.1) is 0 Å². The zero-order chi connectivity index (χ0) is 20.9. The van der Waals surface area contributed by atoms with Gasteiger partial charge in [0.2, 0.25) is 0 Å². The molecule has 2 rings (SSSR count). The highest BCUT2D eigenvalue weighted by Gasteiger charge is 2.09. The molecule has 1 aromatic carbocycles. The number of hydrogen-bond donors (Lipinski definition) is 1. The number of benzene rings is 1. The van der Waals surface area contributed by atoms with Crippen LogP contribution in [0.15, 0.2) is 30.3 Å². The van der Waals surface area contributed by atoms with Gasteiger partial charge in [-0.2, -0.15) is 0 Å². The summed E-state index contributed by atoms with van der Waals surface area (Å²) in [5, 5.41) is 2.58. The topological polar surface area (TPSA) is 84.9 Å². The number of ether oxygens (including phenoxy) is 2. The maximum Gasteiger partial charge on any atom is 0.331 e. The van der Waals surface area contributed by atoms with Gasteiger partial charge < -0.3 is 19.7 Å². The Kier molecular flexibility index (Phi) is 9.75. The fourth-order valence-electron chi connectivity index (χ4n) is 3.09. The molecule has 1 fully saturated rings. The third kappa shape index (κ3) is 8.81. The molecule has 0 radical (unpaired) electrons. The Bertz CT molecular complexity index is 692. The Hall–Kier alpha value is -2.83. The van der Waals surface area contributed by atoms with Crippen molar-refractivity contribution in [1.29, 1.82) is 0 Å². The molecule has 0 aliphatic carbocycles. The molecule has 7 nitrogen and oxygen atoms in total. The highest BCUT2D eigenvalue weighted by atomic mass is 16.5. The first-order chi connectivity index (χ1) is 14.1. The molecular formula is C22H30N2O5. The number of rotatable bonds is 9. The van der Waals surface area contributed by atoms with Gasteiger partial charge in [0.1, 0.15) is 0 Å². The van der Waals surface area contributed by atoms with Crippen LogP contribution in [0.3, 0.4) is 0 Å². The molecule has 0 bridgehead atoms. The zero-order valence-electron chi connectivity index (χ0n) is 17.0. The Morgan fingerprint density at radius 1 is 1.07 bits per heavy atom. The summed E-state index contributed by atoms with van der Waals surface area (Å²) < 4.78 is 9.43. The molecule has 1 aliphatic rings. The van der Waals surface area contributed by atoms with E-state index < -0.39 is 11.9 Å². The van der Waals surface area contributed by atoms with Crippen molar-refractivity contribution in [2.24, 2.45) is 0 Å². The molecule has 7 heteroatoms. The molecule has 1 aliphatic heterocycles. The Morgan fingerprint density at radius 2 is 1.76 bits per heavy atom. The SMILES string of the molecule is COC(=O)CCCNC(=O)COC(=O)/C=C/c1ccc(N2CCCCCC2)cc1. The third-order valence-electron chi connectivity index (χ3n) is 4.73. The van der Waals surface area contributed by atoms with E-state index in [1.165, 1.54) is 44.6 Å². The summed E-state index contributed by atoms with van der Waals surface area (Å²) in [4.78, 5) is 36.7. The van der Waals surface area contributed by atoms with Crippen LogP contribution in [0.25, 0.3) is 6.08 Å². The molecule has 158 valence electrons. The Balaban J connectivity index is 1.68. The minimum atomic E-state index is -0.577. The average molecular weight is 402 g/mol. The summed E-state index contributed by atoms with van der Waals surface area (Å²) >= 11 is 0. The average Bonchev–Trinajstić information content (AvgIpc) is 3.03.